The first-order valence-corrected chi connectivity index (χ1v) is 8.96. The Bertz CT molecular complexity index is 563. The molecule has 1 saturated carbocycles. The summed E-state index contributed by atoms with van der Waals surface area (Å²) in [5.41, 5.74) is 6.87. The highest BCUT2D eigenvalue weighted by molar-refractivity contribution is 6.31. The van der Waals surface area contributed by atoms with E-state index in [2.05, 4.69) is 17.9 Å². The molecule has 0 radical (unpaired) electrons. The zero-order valence-electron chi connectivity index (χ0n) is 13.8. The van der Waals surface area contributed by atoms with E-state index in [0.29, 0.717) is 0 Å². The van der Waals surface area contributed by atoms with Crippen molar-refractivity contribution in [2.75, 3.05) is 26.2 Å². The van der Waals surface area contributed by atoms with Crippen LogP contribution in [0.3, 0.4) is 0 Å². The molecule has 1 aromatic carbocycles. The van der Waals surface area contributed by atoms with Gasteiger partial charge in [-0.2, -0.15) is 0 Å². The molecule has 23 heavy (non-hydrogen) atoms. The number of hydrogen-bond acceptors (Lipinski definition) is 3. The van der Waals surface area contributed by atoms with E-state index in [9.17, 15) is 4.79 Å². The Morgan fingerprint density at radius 2 is 1.78 bits per heavy atom. The largest absolute Gasteiger partial charge is 0.339 e. The van der Waals surface area contributed by atoms with Gasteiger partial charge in [-0.1, -0.05) is 42.6 Å². The van der Waals surface area contributed by atoms with Crippen LogP contribution in [0.25, 0.3) is 0 Å². The Morgan fingerprint density at radius 3 is 2.39 bits per heavy atom. The summed E-state index contributed by atoms with van der Waals surface area (Å²) in [7, 11) is 0. The van der Waals surface area contributed by atoms with Gasteiger partial charge in [0.2, 0.25) is 5.91 Å². The van der Waals surface area contributed by atoms with Crippen molar-refractivity contribution in [3.05, 3.63) is 34.9 Å². The first kappa shape index (κ1) is 16.7. The van der Waals surface area contributed by atoms with Gasteiger partial charge in [0, 0.05) is 37.2 Å². The highest BCUT2D eigenvalue weighted by Crippen LogP contribution is 2.31. The monoisotopic (exact) mass is 335 g/mol. The van der Waals surface area contributed by atoms with Gasteiger partial charge in [-0.3, -0.25) is 9.69 Å². The van der Waals surface area contributed by atoms with E-state index in [1.807, 2.05) is 23.1 Å². The van der Waals surface area contributed by atoms with Gasteiger partial charge in [-0.15, -0.1) is 0 Å². The van der Waals surface area contributed by atoms with Crippen molar-refractivity contribution in [2.45, 2.75) is 44.2 Å². The number of nitrogens with zero attached hydrogens (tertiary/aromatic N) is 2. The van der Waals surface area contributed by atoms with E-state index in [-0.39, 0.29) is 11.9 Å². The fraction of sp³-hybridized carbons (Fsp3) is 0.611. The molecule has 1 unspecified atom stereocenters. The molecule has 2 fully saturated rings. The number of carbonyl (C=O) groups excluding carboxylic acids is 1. The number of hydrogen-bond donors (Lipinski definition) is 1. The molecule has 2 aliphatic rings. The fourth-order valence-corrected chi connectivity index (χ4v) is 4.15. The summed E-state index contributed by atoms with van der Waals surface area (Å²) >= 11 is 6.31. The zero-order valence-corrected chi connectivity index (χ0v) is 14.6. The molecular formula is C18H26ClN3O. The molecule has 3 rings (SSSR count). The van der Waals surface area contributed by atoms with Gasteiger partial charge in [0.05, 0.1) is 5.54 Å². The highest BCUT2D eigenvalue weighted by Gasteiger charge is 2.40. The second-order valence-electron chi connectivity index (χ2n) is 6.89. The van der Waals surface area contributed by atoms with Crippen LogP contribution in [0.4, 0.5) is 0 Å². The fourth-order valence-electron chi connectivity index (χ4n) is 3.86. The van der Waals surface area contributed by atoms with E-state index in [0.717, 1.165) is 62.4 Å². The second kappa shape index (κ2) is 6.80. The number of benzene rings is 1. The molecule has 1 aromatic rings. The molecule has 1 aliphatic carbocycles. The average molecular weight is 336 g/mol. The van der Waals surface area contributed by atoms with Crippen molar-refractivity contribution < 1.29 is 4.79 Å². The standard InChI is InChI=1S/C18H26ClN3O/c1-14(15-6-2-3-7-16(15)19)21-10-12-22(13-11-21)17(23)18(20)8-4-5-9-18/h2-3,6-7,14H,4-5,8-13,20H2,1H3. The number of amides is 1. The maximum absolute atomic E-state index is 12.7. The average Bonchev–Trinajstić information content (AvgIpc) is 3.02. The summed E-state index contributed by atoms with van der Waals surface area (Å²) in [6.45, 7) is 5.43. The predicted molar refractivity (Wildman–Crippen MR) is 93.4 cm³/mol. The molecule has 1 amide bonds. The van der Waals surface area contributed by atoms with Crippen molar-refractivity contribution in [3.63, 3.8) is 0 Å². The molecule has 1 aliphatic heterocycles. The molecule has 5 heteroatoms. The third-order valence-corrected chi connectivity index (χ3v) is 5.77. The van der Waals surface area contributed by atoms with E-state index >= 15 is 0 Å². The second-order valence-corrected chi connectivity index (χ2v) is 7.30. The minimum Gasteiger partial charge on any atom is -0.339 e. The summed E-state index contributed by atoms with van der Waals surface area (Å²) in [6.07, 6.45) is 3.82. The van der Waals surface area contributed by atoms with E-state index in [1.165, 1.54) is 0 Å². The third kappa shape index (κ3) is 3.39. The Hall–Kier alpha value is -1.10. The lowest BCUT2D eigenvalue weighted by Gasteiger charge is -2.41. The molecule has 0 aromatic heterocycles. The topological polar surface area (TPSA) is 49.6 Å². The van der Waals surface area contributed by atoms with Crippen molar-refractivity contribution in [2.24, 2.45) is 5.73 Å². The lowest BCUT2D eigenvalue weighted by atomic mass is 9.96. The van der Waals surface area contributed by atoms with Gasteiger partial charge in [0.25, 0.3) is 0 Å². The van der Waals surface area contributed by atoms with Gasteiger partial charge in [0.15, 0.2) is 0 Å². The van der Waals surface area contributed by atoms with Gasteiger partial charge in [0.1, 0.15) is 0 Å². The molecule has 126 valence electrons. The van der Waals surface area contributed by atoms with Crippen LogP contribution < -0.4 is 5.73 Å². The van der Waals surface area contributed by atoms with Crippen LogP contribution in [-0.2, 0) is 4.79 Å². The molecule has 0 bridgehead atoms. The van der Waals surface area contributed by atoms with E-state index in [4.69, 9.17) is 17.3 Å². The molecule has 1 saturated heterocycles. The number of piperazine rings is 1. The number of rotatable bonds is 3. The first-order valence-electron chi connectivity index (χ1n) is 8.58. The Balaban J connectivity index is 1.60. The minimum absolute atomic E-state index is 0.153. The molecule has 0 spiro atoms. The lowest BCUT2D eigenvalue weighted by Crippen LogP contribution is -2.58. The van der Waals surface area contributed by atoms with Gasteiger partial charge in [-0.05, 0) is 31.4 Å². The Morgan fingerprint density at radius 1 is 1.17 bits per heavy atom. The van der Waals surface area contributed by atoms with Crippen LogP contribution in [0.1, 0.15) is 44.2 Å². The van der Waals surface area contributed by atoms with Crippen LogP contribution in [0, 0.1) is 0 Å². The van der Waals surface area contributed by atoms with Gasteiger partial charge in [-0.25, -0.2) is 0 Å². The SMILES string of the molecule is CC(c1ccccc1Cl)N1CCN(C(=O)C2(N)CCCC2)CC1. The maximum Gasteiger partial charge on any atom is 0.242 e. The number of nitrogens with two attached hydrogens (primary N) is 1. The molecule has 4 nitrogen and oxygen atoms in total. The Kier molecular flexibility index (Phi) is 4.95. The molecule has 2 N–H and O–H groups in total. The van der Waals surface area contributed by atoms with Crippen LogP contribution >= 0.6 is 11.6 Å². The summed E-state index contributed by atoms with van der Waals surface area (Å²) in [4.78, 5) is 17.0. The summed E-state index contributed by atoms with van der Waals surface area (Å²) in [5, 5.41) is 0.811. The predicted octanol–water partition coefficient (Wildman–Crippen LogP) is 2.82. The summed E-state index contributed by atoms with van der Waals surface area (Å²) in [6, 6.07) is 8.26. The van der Waals surface area contributed by atoms with Crippen LogP contribution in [0.2, 0.25) is 5.02 Å². The van der Waals surface area contributed by atoms with Crippen molar-refractivity contribution >= 4 is 17.5 Å². The van der Waals surface area contributed by atoms with Crippen molar-refractivity contribution in [1.82, 2.24) is 9.80 Å². The number of halogens is 1. The van der Waals surface area contributed by atoms with E-state index in [1.54, 1.807) is 0 Å². The highest BCUT2D eigenvalue weighted by atomic mass is 35.5. The van der Waals surface area contributed by atoms with Crippen LogP contribution in [-0.4, -0.2) is 47.4 Å². The maximum atomic E-state index is 12.7. The normalized spacial score (nSPS) is 23.0. The minimum atomic E-state index is -0.601. The lowest BCUT2D eigenvalue weighted by molar-refractivity contribution is -0.138. The number of carbonyl (C=O) groups is 1. The molecule has 1 heterocycles. The van der Waals surface area contributed by atoms with Crippen molar-refractivity contribution in [3.8, 4) is 0 Å². The van der Waals surface area contributed by atoms with Crippen molar-refractivity contribution in [1.29, 1.82) is 0 Å². The first-order chi connectivity index (χ1) is 11.0. The molecular weight excluding hydrogens is 310 g/mol. The van der Waals surface area contributed by atoms with Crippen LogP contribution in [0.5, 0.6) is 0 Å². The quantitative estimate of drug-likeness (QED) is 0.924. The Labute approximate surface area is 143 Å². The summed E-state index contributed by atoms with van der Waals surface area (Å²) in [5.74, 6) is 0.153. The van der Waals surface area contributed by atoms with Crippen LogP contribution in [0.15, 0.2) is 24.3 Å². The summed E-state index contributed by atoms with van der Waals surface area (Å²) < 4.78 is 0. The zero-order chi connectivity index (χ0) is 16.4. The third-order valence-electron chi connectivity index (χ3n) is 5.43. The smallest absolute Gasteiger partial charge is 0.242 e. The van der Waals surface area contributed by atoms with Gasteiger partial charge < -0.3 is 10.6 Å². The molecule has 1 atom stereocenters. The van der Waals surface area contributed by atoms with Gasteiger partial charge >= 0.3 is 0 Å². The van der Waals surface area contributed by atoms with E-state index < -0.39 is 5.54 Å².